The second kappa shape index (κ2) is 14.4. The van der Waals surface area contributed by atoms with Crippen LogP contribution in [0.5, 0.6) is 0 Å². The number of benzene rings is 2. The van der Waals surface area contributed by atoms with Gasteiger partial charge in [-0.3, -0.25) is 4.99 Å². The molecule has 0 saturated heterocycles. The maximum atomic E-state index is 7.00. The largest absolute Gasteiger partial charge is 0.400 e. The van der Waals surface area contributed by atoms with Crippen LogP contribution in [-0.2, 0) is 12.8 Å². The van der Waals surface area contributed by atoms with Crippen molar-refractivity contribution in [1.82, 2.24) is 0 Å². The third-order valence-electron chi connectivity index (χ3n) is 5.49. The summed E-state index contributed by atoms with van der Waals surface area (Å²) in [5.41, 5.74) is 9.40. The van der Waals surface area contributed by atoms with Crippen LogP contribution in [0, 0.1) is 0 Å². The van der Waals surface area contributed by atoms with Crippen molar-refractivity contribution in [2.75, 3.05) is 7.11 Å². The highest BCUT2D eigenvalue weighted by Crippen LogP contribution is 2.36. The third kappa shape index (κ3) is 8.95. The highest BCUT2D eigenvalue weighted by atomic mass is 32.1. The summed E-state index contributed by atoms with van der Waals surface area (Å²) in [4.78, 5) is 6.04. The van der Waals surface area contributed by atoms with Crippen LogP contribution >= 0.6 is 11.3 Å². The first kappa shape index (κ1) is 26.5. The molecule has 1 aliphatic rings. The average molecular weight is 460 g/mol. The summed E-state index contributed by atoms with van der Waals surface area (Å²) in [6.45, 7) is 8.57. The normalized spacial score (nSPS) is 12.8. The standard InChI is InChI=1S/C21H23NS.C8H10.CH4O/c1-4-20(21-6-5-13-23-21)22-15(2)14-17-7-9-18(10-8-17)16(3)19-11-12-19;1-2-8-6-4-3-5-7-8;1-2/h4-10,13H,11-12,14H2,1-3H3;3-7H,2H2,1H3;2H,1H3/b20-4-,22-15?;;. The number of aliphatic hydroxyl groups excluding tert-OH is 1. The maximum absolute atomic E-state index is 7.00. The third-order valence-corrected chi connectivity index (χ3v) is 6.38. The van der Waals surface area contributed by atoms with E-state index in [0.717, 1.165) is 31.4 Å². The highest BCUT2D eigenvalue weighted by Gasteiger charge is 2.15. The van der Waals surface area contributed by atoms with E-state index in [2.05, 4.69) is 99.8 Å². The number of nitrogens with zero attached hydrogens (tertiary/aromatic N) is 1. The van der Waals surface area contributed by atoms with Gasteiger partial charge in [0.25, 0.3) is 0 Å². The Bertz CT molecular complexity index is 1040. The zero-order valence-corrected chi connectivity index (χ0v) is 21.5. The zero-order chi connectivity index (χ0) is 24.1. The summed E-state index contributed by atoms with van der Waals surface area (Å²) < 4.78 is 0. The monoisotopic (exact) mass is 459 g/mol. The maximum Gasteiger partial charge on any atom is 0.0758 e. The lowest BCUT2D eigenvalue weighted by Gasteiger charge is -2.06. The molecule has 2 nitrogen and oxygen atoms in total. The SMILES string of the molecule is C/C=C(\N=C(C)Cc1ccc(C(C)=C2CC2)cc1)c1cccs1.CCc1ccccc1.CO. The highest BCUT2D eigenvalue weighted by molar-refractivity contribution is 7.11. The van der Waals surface area contributed by atoms with E-state index in [0.29, 0.717) is 0 Å². The minimum absolute atomic E-state index is 0.901. The summed E-state index contributed by atoms with van der Waals surface area (Å²) in [6, 6.07) is 23.6. The Kier molecular flexibility index (Phi) is 11.6. The molecule has 0 aliphatic heterocycles. The van der Waals surface area contributed by atoms with Crippen LogP contribution in [0.3, 0.4) is 0 Å². The Labute approximate surface area is 204 Å². The molecule has 0 spiro atoms. The molecular formula is C30H37NOS. The lowest BCUT2D eigenvalue weighted by atomic mass is 10.0. The molecule has 0 atom stereocenters. The summed E-state index contributed by atoms with van der Waals surface area (Å²) in [7, 11) is 1.00. The molecule has 33 heavy (non-hydrogen) atoms. The molecule has 4 rings (SSSR count). The van der Waals surface area contributed by atoms with E-state index in [-0.39, 0.29) is 0 Å². The number of aryl methyl sites for hydroxylation is 1. The fourth-order valence-electron chi connectivity index (χ4n) is 3.45. The summed E-state index contributed by atoms with van der Waals surface area (Å²) >= 11 is 1.74. The molecule has 0 bridgehead atoms. The van der Waals surface area contributed by atoms with E-state index in [1.54, 1.807) is 16.9 Å². The van der Waals surface area contributed by atoms with Crippen molar-refractivity contribution < 1.29 is 5.11 Å². The van der Waals surface area contributed by atoms with Gasteiger partial charge in [0.1, 0.15) is 0 Å². The number of hydrogen-bond donors (Lipinski definition) is 1. The van der Waals surface area contributed by atoms with E-state index in [4.69, 9.17) is 10.1 Å². The van der Waals surface area contributed by atoms with Gasteiger partial charge in [-0.2, -0.15) is 0 Å². The zero-order valence-electron chi connectivity index (χ0n) is 20.6. The van der Waals surface area contributed by atoms with Crippen molar-refractivity contribution in [3.05, 3.63) is 105 Å². The van der Waals surface area contributed by atoms with Gasteiger partial charge in [-0.25, -0.2) is 0 Å². The van der Waals surface area contributed by atoms with E-state index in [9.17, 15) is 0 Å². The number of rotatable bonds is 6. The first-order valence-corrected chi connectivity index (χ1v) is 12.5. The van der Waals surface area contributed by atoms with E-state index in [1.807, 2.05) is 6.07 Å². The predicted octanol–water partition coefficient (Wildman–Crippen LogP) is 8.24. The van der Waals surface area contributed by atoms with Gasteiger partial charge in [0, 0.05) is 19.2 Å². The first-order chi connectivity index (χ1) is 16.1. The van der Waals surface area contributed by atoms with Crippen molar-refractivity contribution in [2.45, 2.75) is 53.4 Å². The number of allylic oxidation sites excluding steroid dienone is 3. The molecule has 3 aromatic rings. The van der Waals surface area contributed by atoms with Gasteiger partial charge in [0.05, 0.1) is 10.6 Å². The van der Waals surface area contributed by atoms with Crippen LogP contribution in [0.15, 0.2) is 88.8 Å². The molecule has 174 valence electrons. The van der Waals surface area contributed by atoms with Crippen molar-refractivity contribution in [2.24, 2.45) is 4.99 Å². The van der Waals surface area contributed by atoms with Crippen molar-refractivity contribution in [3.8, 4) is 0 Å². The molecule has 0 unspecified atom stereocenters. The van der Waals surface area contributed by atoms with Gasteiger partial charge in [-0.15, -0.1) is 11.3 Å². The van der Waals surface area contributed by atoms with Crippen molar-refractivity contribution >= 4 is 28.3 Å². The van der Waals surface area contributed by atoms with Gasteiger partial charge in [-0.1, -0.05) is 79.2 Å². The Balaban J connectivity index is 0.000000323. The van der Waals surface area contributed by atoms with Gasteiger partial charge in [0.15, 0.2) is 0 Å². The molecule has 1 heterocycles. The van der Waals surface area contributed by atoms with Crippen molar-refractivity contribution in [3.63, 3.8) is 0 Å². The van der Waals surface area contributed by atoms with Crippen LogP contribution in [0.4, 0.5) is 0 Å². The van der Waals surface area contributed by atoms with Crippen LogP contribution in [0.2, 0.25) is 0 Å². The molecule has 3 heteroatoms. The second-order valence-electron chi connectivity index (χ2n) is 7.94. The topological polar surface area (TPSA) is 32.6 Å². The lowest BCUT2D eigenvalue weighted by Crippen LogP contribution is -1.98. The molecular weight excluding hydrogens is 422 g/mol. The minimum Gasteiger partial charge on any atom is -0.400 e. The quantitative estimate of drug-likeness (QED) is 0.370. The lowest BCUT2D eigenvalue weighted by molar-refractivity contribution is 0.399. The van der Waals surface area contributed by atoms with Crippen LogP contribution in [-0.4, -0.2) is 17.9 Å². The van der Waals surface area contributed by atoms with E-state index in [1.165, 1.54) is 40.0 Å². The first-order valence-electron chi connectivity index (χ1n) is 11.6. The molecule has 1 aromatic heterocycles. The Hall–Kier alpha value is -2.75. The average Bonchev–Trinajstić information content (AvgIpc) is 3.58. The van der Waals surface area contributed by atoms with E-state index >= 15 is 0 Å². The number of hydrogen-bond acceptors (Lipinski definition) is 3. The molecule has 1 fully saturated rings. The fraction of sp³-hybridized carbons (Fsp3) is 0.300. The summed E-state index contributed by atoms with van der Waals surface area (Å²) in [5.74, 6) is 0. The van der Waals surface area contributed by atoms with E-state index < -0.39 is 0 Å². The van der Waals surface area contributed by atoms with Crippen LogP contribution in [0.25, 0.3) is 11.3 Å². The Morgan fingerprint density at radius 1 is 0.909 bits per heavy atom. The summed E-state index contributed by atoms with van der Waals surface area (Å²) in [6.07, 6.45) is 6.70. The summed E-state index contributed by atoms with van der Waals surface area (Å²) in [5, 5.41) is 9.10. The van der Waals surface area contributed by atoms with Gasteiger partial charge < -0.3 is 5.11 Å². The molecule has 2 aromatic carbocycles. The molecule has 0 amide bonds. The molecule has 0 radical (unpaired) electrons. The smallest absolute Gasteiger partial charge is 0.0758 e. The number of aliphatic imine (C=N–C) groups is 1. The second-order valence-corrected chi connectivity index (χ2v) is 8.89. The van der Waals surface area contributed by atoms with Gasteiger partial charge in [-0.05, 0) is 73.7 Å². The minimum atomic E-state index is 0.901. The van der Waals surface area contributed by atoms with Crippen molar-refractivity contribution in [1.29, 1.82) is 0 Å². The molecule has 1 saturated carbocycles. The molecule has 1 aliphatic carbocycles. The Morgan fingerprint density at radius 2 is 1.58 bits per heavy atom. The number of aliphatic hydroxyl groups is 1. The van der Waals surface area contributed by atoms with Gasteiger partial charge in [0.2, 0.25) is 0 Å². The molecule has 1 N–H and O–H groups in total. The predicted molar refractivity (Wildman–Crippen MR) is 147 cm³/mol. The van der Waals surface area contributed by atoms with Gasteiger partial charge >= 0.3 is 0 Å². The number of thiophene rings is 1. The van der Waals surface area contributed by atoms with Crippen LogP contribution < -0.4 is 0 Å². The van der Waals surface area contributed by atoms with Crippen LogP contribution in [0.1, 0.15) is 62.1 Å². The fourth-order valence-corrected chi connectivity index (χ4v) is 4.20. The Morgan fingerprint density at radius 3 is 2.06 bits per heavy atom.